The largest absolute Gasteiger partial charge is 0.462 e. The van der Waals surface area contributed by atoms with E-state index in [9.17, 15) is 14.4 Å². The minimum atomic E-state index is -0.779. The predicted molar refractivity (Wildman–Crippen MR) is 275 cm³/mol. The Morgan fingerprint density at radius 2 is 0.562 bits per heavy atom. The molecule has 1 atom stereocenters. The normalized spacial score (nSPS) is 12.2. The first-order chi connectivity index (χ1) is 31.5. The second-order valence-electron chi connectivity index (χ2n) is 18.8. The van der Waals surface area contributed by atoms with Gasteiger partial charge in [-0.15, -0.1) is 0 Å². The van der Waals surface area contributed by atoms with Crippen molar-refractivity contribution in [2.45, 2.75) is 303 Å². The Hall–Kier alpha value is -2.37. The summed E-state index contributed by atoms with van der Waals surface area (Å²) in [6.07, 6.45) is 62.7. The molecule has 0 saturated heterocycles. The molecular formula is C58H106O6. The van der Waals surface area contributed by atoms with Gasteiger partial charge in [0.05, 0.1) is 0 Å². The van der Waals surface area contributed by atoms with Crippen molar-refractivity contribution in [1.29, 1.82) is 0 Å². The van der Waals surface area contributed by atoms with Gasteiger partial charge in [0.1, 0.15) is 13.2 Å². The molecule has 0 amide bonds. The number of esters is 3. The first kappa shape index (κ1) is 61.6. The number of allylic oxidation sites excluding steroid dienone is 6. The van der Waals surface area contributed by atoms with Crippen molar-refractivity contribution in [3.63, 3.8) is 0 Å². The second-order valence-corrected chi connectivity index (χ2v) is 18.8. The molecule has 1 unspecified atom stereocenters. The van der Waals surface area contributed by atoms with Crippen LogP contribution in [0.2, 0.25) is 0 Å². The highest BCUT2D eigenvalue weighted by Gasteiger charge is 2.19. The summed E-state index contributed by atoms with van der Waals surface area (Å²) in [6, 6.07) is 0. The number of carbonyl (C=O) groups excluding carboxylic acids is 3. The van der Waals surface area contributed by atoms with Crippen LogP contribution in [0.3, 0.4) is 0 Å². The van der Waals surface area contributed by atoms with Crippen LogP contribution in [-0.2, 0) is 28.6 Å². The van der Waals surface area contributed by atoms with Gasteiger partial charge in [-0.05, 0) is 77.0 Å². The molecule has 64 heavy (non-hydrogen) atoms. The average Bonchev–Trinajstić information content (AvgIpc) is 3.29. The highest BCUT2D eigenvalue weighted by Crippen LogP contribution is 2.16. The van der Waals surface area contributed by atoms with Gasteiger partial charge in [0.25, 0.3) is 0 Å². The topological polar surface area (TPSA) is 78.9 Å². The maximum Gasteiger partial charge on any atom is 0.306 e. The lowest BCUT2D eigenvalue weighted by Crippen LogP contribution is -2.30. The van der Waals surface area contributed by atoms with E-state index in [1.807, 2.05) is 0 Å². The summed E-state index contributed by atoms with van der Waals surface area (Å²) in [5.74, 6) is -0.885. The van der Waals surface area contributed by atoms with Crippen molar-refractivity contribution >= 4 is 17.9 Å². The summed E-state index contributed by atoms with van der Waals surface area (Å²) < 4.78 is 16.8. The number of hydrogen-bond acceptors (Lipinski definition) is 6. The van der Waals surface area contributed by atoms with E-state index in [2.05, 4.69) is 57.2 Å². The van der Waals surface area contributed by atoms with Crippen LogP contribution in [0.25, 0.3) is 0 Å². The molecule has 0 aliphatic carbocycles. The fourth-order valence-corrected chi connectivity index (χ4v) is 8.12. The van der Waals surface area contributed by atoms with Crippen molar-refractivity contribution in [1.82, 2.24) is 0 Å². The Bertz CT molecular complexity index is 1080. The van der Waals surface area contributed by atoms with Gasteiger partial charge in [-0.1, -0.05) is 237 Å². The van der Waals surface area contributed by atoms with Crippen LogP contribution in [0.5, 0.6) is 0 Å². The number of rotatable bonds is 51. The third-order valence-corrected chi connectivity index (χ3v) is 12.4. The van der Waals surface area contributed by atoms with Crippen molar-refractivity contribution in [2.75, 3.05) is 13.2 Å². The zero-order valence-corrected chi connectivity index (χ0v) is 42.8. The molecule has 0 aliphatic heterocycles. The molecule has 0 heterocycles. The summed E-state index contributed by atoms with van der Waals surface area (Å²) in [6.45, 7) is 6.63. The van der Waals surface area contributed by atoms with Crippen LogP contribution in [0.4, 0.5) is 0 Å². The van der Waals surface area contributed by atoms with Crippen molar-refractivity contribution < 1.29 is 28.6 Å². The van der Waals surface area contributed by atoms with E-state index < -0.39 is 6.10 Å². The maximum absolute atomic E-state index is 12.8. The first-order valence-corrected chi connectivity index (χ1v) is 28.0. The molecule has 0 saturated carbocycles. The first-order valence-electron chi connectivity index (χ1n) is 28.0. The molecule has 374 valence electrons. The Morgan fingerprint density at radius 3 is 0.891 bits per heavy atom. The number of hydrogen-bond donors (Lipinski definition) is 0. The molecule has 6 heteroatoms. The molecule has 0 aromatic rings. The summed E-state index contributed by atoms with van der Waals surface area (Å²) in [4.78, 5) is 38.1. The standard InChI is InChI=1S/C58H106O6/c1-4-7-10-13-16-19-22-25-28-30-33-36-39-42-45-48-51-57(60)63-54-55(53-62-56(59)50-47-44-41-38-35-32-27-24-21-18-15-12-9-6-3)64-58(61)52-49-46-43-40-37-34-31-29-26-23-20-17-14-11-8-5-2/h19,22,28-31,55H,4-18,20-21,23-27,32-54H2,1-3H3/b22-19-,30-28-,31-29-. The molecule has 0 rings (SSSR count). The van der Waals surface area contributed by atoms with Crippen molar-refractivity contribution in [3.8, 4) is 0 Å². The van der Waals surface area contributed by atoms with Gasteiger partial charge >= 0.3 is 17.9 Å². The van der Waals surface area contributed by atoms with Crippen LogP contribution in [0.15, 0.2) is 36.5 Å². The summed E-state index contributed by atoms with van der Waals surface area (Å²) >= 11 is 0. The van der Waals surface area contributed by atoms with Crippen LogP contribution in [-0.4, -0.2) is 37.2 Å². The molecular weight excluding hydrogens is 793 g/mol. The zero-order valence-electron chi connectivity index (χ0n) is 42.8. The Labute approximate surface area is 397 Å². The molecule has 0 spiro atoms. The Balaban J connectivity index is 4.38. The third-order valence-electron chi connectivity index (χ3n) is 12.4. The Morgan fingerprint density at radius 1 is 0.312 bits per heavy atom. The van der Waals surface area contributed by atoms with Crippen molar-refractivity contribution in [2.24, 2.45) is 0 Å². The van der Waals surface area contributed by atoms with E-state index in [1.54, 1.807) is 0 Å². The van der Waals surface area contributed by atoms with Crippen molar-refractivity contribution in [3.05, 3.63) is 36.5 Å². The molecule has 0 aromatic carbocycles. The van der Waals surface area contributed by atoms with Crippen LogP contribution in [0, 0.1) is 0 Å². The molecule has 6 nitrogen and oxygen atoms in total. The molecule has 0 fully saturated rings. The summed E-state index contributed by atoms with van der Waals surface area (Å²) in [5, 5.41) is 0. The summed E-state index contributed by atoms with van der Waals surface area (Å²) in [7, 11) is 0. The second kappa shape index (κ2) is 53.2. The van der Waals surface area contributed by atoms with Crippen LogP contribution < -0.4 is 0 Å². The lowest BCUT2D eigenvalue weighted by Gasteiger charge is -2.18. The fraction of sp³-hybridized carbons (Fsp3) is 0.845. The van der Waals surface area contributed by atoms with E-state index in [-0.39, 0.29) is 31.1 Å². The lowest BCUT2D eigenvalue weighted by atomic mass is 10.0. The van der Waals surface area contributed by atoms with E-state index in [4.69, 9.17) is 14.2 Å². The SMILES string of the molecule is CCCCCC/C=C\C/C=C\CCCCCCCC(=O)OCC(COC(=O)CCCCCCCCCCCCCCCC)OC(=O)CCCCCCC/C=C\CCCCCCCCC. The van der Waals surface area contributed by atoms with E-state index in [1.165, 1.54) is 173 Å². The van der Waals surface area contributed by atoms with Gasteiger partial charge in [-0.3, -0.25) is 14.4 Å². The van der Waals surface area contributed by atoms with Gasteiger partial charge in [-0.25, -0.2) is 0 Å². The molecule has 0 aliphatic rings. The predicted octanol–water partition coefficient (Wildman–Crippen LogP) is 18.5. The van der Waals surface area contributed by atoms with Crippen LogP contribution >= 0.6 is 0 Å². The van der Waals surface area contributed by atoms with Gasteiger partial charge in [0, 0.05) is 19.3 Å². The lowest BCUT2D eigenvalue weighted by molar-refractivity contribution is -0.167. The van der Waals surface area contributed by atoms with E-state index in [0.717, 1.165) is 83.5 Å². The van der Waals surface area contributed by atoms with Gasteiger partial charge < -0.3 is 14.2 Å². The quantitative estimate of drug-likeness (QED) is 0.0262. The van der Waals surface area contributed by atoms with Crippen LogP contribution in [0.1, 0.15) is 297 Å². The molecule has 0 bridgehead atoms. The number of unbranched alkanes of at least 4 members (excludes halogenated alkanes) is 34. The Kier molecular flexibility index (Phi) is 51.3. The monoisotopic (exact) mass is 899 g/mol. The molecule has 0 N–H and O–H groups in total. The average molecular weight is 899 g/mol. The highest BCUT2D eigenvalue weighted by molar-refractivity contribution is 5.71. The van der Waals surface area contributed by atoms with Gasteiger partial charge in [-0.2, -0.15) is 0 Å². The fourth-order valence-electron chi connectivity index (χ4n) is 8.12. The minimum Gasteiger partial charge on any atom is -0.462 e. The minimum absolute atomic E-state index is 0.0767. The van der Waals surface area contributed by atoms with Gasteiger partial charge in [0.2, 0.25) is 0 Å². The third kappa shape index (κ3) is 50.6. The van der Waals surface area contributed by atoms with E-state index >= 15 is 0 Å². The number of ether oxygens (including phenoxy) is 3. The summed E-state index contributed by atoms with van der Waals surface area (Å²) in [5.41, 5.74) is 0. The molecule has 0 radical (unpaired) electrons. The number of carbonyl (C=O) groups is 3. The highest BCUT2D eigenvalue weighted by atomic mass is 16.6. The maximum atomic E-state index is 12.8. The smallest absolute Gasteiger partial charge is 0.306 e. The van der Waals surface area contributed by atoms with Gasteiger partial charge in [0.15, 0.2) is 6.10 Å². The van der Waals surface area contributed by atoms with E-state index in [0.29, 0.717) is 19.3 Å². The molecule has 0 aromatic heterocycles. The zero-order chi connectivity index (χ0) is 46.5.